The Morgan fingerprint density at radius 1 is 1.33 bits per heavy atom. The summed E-state index contributed by atoms with van der Waals surface area (Å²) in [6.45, 7) is -0.683. The monoisotopic (exact) mass is 216 g/mol. The molecule has 1 heterocycles. The molecule has 0 atom stereocenters. The van der Waals surface area contributed by atoms with Gasteiger partial charge in [0.2, 0.25) is 0 Å². The first-order valence-corrected chi connectivity index (χ1v) is 4.17. The van der Waals surface area contributed by atoms with Crippen LogP contribution in [0.25, 0.3) is 11.0 Å². The Balaban J connectivity index is 2.75. The Bertz CT molecular complexity index is 490. The van der Waals surface area contributed by atoms with Crippen LogP contribution in [0.4, 0.5) is 13.2 Å². The molecule has 0 saturated carbocycles. The topological polar surface area (TPSA) is 48.9 Å². The summed E-state index contributed by atoms with van der Waals surface area (Å²) >= 11 is 0. The van der Waals surface area contributed by atoms with E-state index in [1.807, 2.05) is 0 Å². The van der Waals surface area contributed by atoms with E-state index in [9.17, 15) is 13.2 Å². The van der Waals surface area contributed by atoms with Crippen molar-refractivity contribution in [2.45, 2.75) is 12.8 Å². The Morgan fingerprint density at radius 3 is 2.67 bits per heavy atom. The van der Waals surface area contributed by atoms with Gasteiger partial charge in [-0.05, 0) is 12.1 Å². The maximum atomic E-state index is 12.5. The number of aromatic amines is 1. The van der Waals surface area contributed by atoms with Crippen molar-refractivity contribution in [1.29, 1.82) is 0 Å². The number of hydrogen-bond acceptors (Lipinski definition) is 2. The van der Waals surface area contributed by atoms with Crippen LogP contribution in [0.5, 0.6) is 0 Å². The highest BCUT2D eigenvalue weighted by Crippen LogP contribution is 2.34. The van der Waals surface area contributed by atoms with Gasteiger partial charge in [0.1, 0.15) is 0 Å². The maximum Gasteiger partial charge on any atom is 0.416 e. The number of aliphatic hydroxyl groups excluding tert-OH is 1. The molecule has 1 aromatic heterocycles. The lowest BCUT2D eigenvalue weighted by Crippen LogP contribution is -2.09. The number of fused-ring (bicyclic) bond motifs is 1. The Morgan fingerprint density at radius 2 is 2.07 bits per heavy atom. The van der Waals surface area contributed by atoms with Crippen LogP contribution >= 0.6 is 0 Å². The van der Waals surface area contributed by atoms with E-state index in [0.29, 0.717) is 5.52 Å². The van der Waals surface area contributed by atoms with Gasteiger partial charge in [-0.25, -0.2) is 4.98 Å². The zero-order chi connectivity index (χ0) is 11.1. The van der Waals surface area contributed by atoms with E-state index in [1.54, 1.807) is 0 Å². The normalized spacial score (nSPS) is 12.3. The minimum atomic E-state index is -4.47. The van der Waals surface area contributed by atoms with Gasteiger partial charge in [-0.1, -0.05) is 0 Å². The SMILES string of the molecule is OCc1c(C(F)(F)F)ccc2[nH]cnc12. The zero-order valence-corrected chi connectivity index (χ0v) is 7.47. The molecular weight excluding hydrogens is 209 g/mol. The standard InChI is InChI=1S/C9H7F3N2O/c10-9(11,12)6-1-2-7-8(5(6)3-15)14-4-13-7/h1-2,4,15H,3H2,(H,13,14). The predicted octanol–water partition coefficient (Wildman–Crippen LogP) is 2.07. The van der Waals surface area contributed by atoms with Gasteiger partial charge in [0, 0.05) is 5.56 Å². The molecule has 0 amide bonds. The lowest BCUT2D eigenvalue weighted by atomic mass is 10.1. The highest BCUT2D eigenvalue weighted by atomic mass is 19.4. The van der Waals surface area contributed by atoms with E-state index in [-0.39, 0.29) is 11.1 Å². The van der Waals surface area contributed by atoms with E-state index in [2.05, 4.69) is 9.97 Å². The van der Waals surface area contributed by atoms with Crippen LogP contribution in [0, 0.1) is 0 Å². The molecule has 2 rings (SSSR count). The van der Waals surface area contributed by atoms with Crippen LogP contribution in [0.3, 0.4) is 0 Å². The van der Waals surface area contributed by atoms with E-state index >= 15 is 0 Å². The second kappa shape index (κ2) is 3.23. The molecule has 2 N–H and O–H groups in total. The zero-order valence-electron chi connectivity index (χ0n) is 7.47. The van der Waals surface area contributed by atoms with Gasteiger partial charge in [0.25, 0.3) is 0 Å². The summed E-state index contributed by atoms with van der Waals surface area (Å²) in [6.07, 6.45) is -3.17. The maximum absolute atomic E-state index is 12.5. The lowest BCUT2D eigenvalue weighted by molar-refractivity contribution is -0.138. The molecule has 0 radical (unpaired) electrons. The van der Waals surface area contributed by atoms with E-state index in [0.717, 1.165) is 6.07 Å². The summed E-state index contributed by atoms with van der Waals surface area (Å²) in [6, 6.07) is 2.23. The van der Waals surface area contributed by atoms with Gasteiger partial charge in [0.15, 0.2) is 0 Å². The first kappa shape index (κ1) is 9.97. The molecule has 6 heteroatoms. The molecule has 0 spiro atoms. The molecule has 3 nitrogen and oxygen atoms in total. The van der Waals surface area contributed by atoms with Gasteiger partial charge in [-0.2, -0.15) is 13.2 Å². The number of imidazole rings is 1. The molecule has 0 aliphatic rings. The Kier molecular flexibility index (Phi) is 2.15. The number of benzene rings is 1. The highest BCUT2D eigenvalue weighted by Gasteiger charge is 2.34. The molecule has 1 aromatic carbocycles. The molecular formula is C9H7F3N2O. The van der Waals surface area contributed by atoms with Crippen molar-refractivity contribution >= 4 is 11.0 Å². The van der Waals surface area contributed by atoms with Crippen molar-refractivity contribution in [3.05, 3.63) is 29.6 Å². The van der Waals surface area contributed by atoms with Gasteiger partial charge >= 0.3 is 6.18 Å². The van der Waals surface area contributed by atoms with E-state index < -0.39 is 18.3 Å². The number of alkyl halides is 3. The van der Waals surface area contributed by atoms with Crippen molar-refractivity contribution in [1.82, 2.24) is 9.97 Å². The summed E-state index contributed by atoms with van der Waals surface area (Å²) in [7, 11) is 0. The predicted molar refractivity (Wildman–Crippen MR) is 47.0 cm³/mol. The van der Waals surface area contributed by atoms with E-state index in [1.165, 1.54) is 12.4 Å². The fourth-order valence-electron chi connectivity index (χ4n) is 1.49. The third kappa shape index (κ3) is 1.56. The summed E-state index contributed by atoms with van der Waals surface area (Å²) in [4.78, 5) is 6.43. The van der Waals surface area contributed by atoms with Gasteiger partial charge in [-0.15, -0.1) is 0 Å². The third-order valence-corrected chi connectivity index (χ3v) is 2.16. The Labute approximate surface area is 82.6 Å². The van der Waals surface area contributed by atoms with Gasteiger partial charge in [-0.3, -0.25) is 0 Å². The molecule has 0 aliphatic heterocycles. The minimum Gasteiger partial charge on any atom is -0.392 e. The second-order valence-corrected chi connectivity index (χ2v) is 3.05. The van der Waals surface area contributed by atoms with Crippen molar-refractivity contribution in [2.24, 2.45) is 0 Å². The van der Waals surface area contributed by atoms with Crippen LogP contribution < -0.4 is 0 Å². The number of H-pyrrole nitrogens is 1. The van der Waals surface area contributed by atoms with Crippen molar-refractivity contribution in [3.8, 4) is 0 Å². The number of aromatic nitrogens is 2. The summed E-state index contributed by atoms with van der Waals surface area (Å²) in [5.41, 5.74) is -0.398. The molecule has 0 fully saturated rings. The first-order valence-electron chi connectivity index (χ1n) is 4.17. The second-order valence-electron chi connectivity index (χ2n) is 3.05. The molecule has 0 saturated heterocycles. The first-order chi connectivity index (χ1) is 7.04. The van der Waals surface area contributed by atoms with Crippen molar-refractivity contribution in [2.75, 3.05) is 0 Å². The largest absolute Gasteiger partial charge is 0.416 e. The summed E-state index contributed by atoms with van der Waals surface area (Å²) < 4.78 is 37.6. The summed E-state index contributed by atoms with van der Waals surface area (Å²) in [5.74, 6) is 0. The quantitative estimate of drug-likeness (QED) is 0.766. The number of halogens is 3. The number of hydrogen-bond donors (Lipinski definition) is 2. The third-order valence-electron chi connectivity index (χ3n) is 2.16. The van der Waals surface area contributed by atoms with Crippen LogP contribution in [0.2, 0.25) is 0 Å². The summed E-state index contributed by atoms with van der Waals surface area (Å²) in [5, 5.41) is 8.94. The molecule has 2 aromatic rings. The number of nitrogens with zero attached hydrogens (tertiary/aromatic N) is 1. The fraction of sp³-hybridized carbons (Fsp3) is 0.222. The lowest BCUT2D eigenvalue weighted by Gasteiger charge is -2.11. The fourth-order valence-corrected chi connectivity index (χ4v) is 1.49. The van der Waals surface area contributed by atoms with Crippen LogP contribution in [-0.4, -0.2) is 15.1 Å². The Hall–Kier alpha value is -1.56. The van der Waals surface area contributed by atoms with Crippen molar-refractivity contribution < 1.29 is 18.3 Å². The van der Waals surface area contributed by atoms with Crippen LogP contribution in [0.1, 0.15) is 11.1 Å². The molecule has 0 unspecified atom stereocenters. The molecule has 15 heavy (non-hydrogen) atoms. The van der Waals surface area contributed by atoms with Crippen LogP contribution in [0.15, 0.2) is 18.5 Å². The molecule has 0 bridgehead atoms. The number of nitrogens with one attached hydrogen (secondary N) is 1. The number of rotatable bonds is 1. The van der Waals surface area contributed by atoms with Crippen molar-refractivity contribution in [3.63, 3.8) is 0 Å². The highest BCUT2D eigenvalue weighted by molar-refractivity contribution is 5.79. The number of aliphatic hydroxyl groups is 1. The average Bonchev–Trinajstić information content (AvgIpc) is 2.61. The molecule has 80 valence electrons. The average molecular weight is 216 g/mol. The van der Waals surface area contributed by atoms with E-state index in [4.69, 9.17) is 5.11 Å². The minimum absolute atomic E-state index is 0.160. The smallest absolute Gasteiger partial charge is 0.392 e. The van der Waals surface area contributed by atoms with Gasteiger partial charge < -0.3 is 10.1 Å². The van der Waals surface area contributed by atoms with Gasteiger partial charge in [0.05, 0.1) is 29.5 Å². The molecule has 0 aliphatic carbocycles. The van der Waals surface area contributed by atoms with Crippen LogP contribution in [-0.2, 0) is 12.8 Å².